The molecular formula is C22H34N2O3. The quantitative estimate of drug-likeness (QED) is 0.623. The molecule has 27 heavy (non-hydrogen) atoms. The van der Waals surface area contributed by atoms with Gasteiger partial charge < -0.3 is 14.4 Å². The van der Waals surface area contributed by atoms with Gasteiger partial charge in [-0.3, -0.25) is 9.69 Å². The number of ether oxygens (including phenoxy) is 2. The van der Waals surface area contributed by atoms with E-state index >= 15 is 0 Å². The number of fused-ring (bicyclic) bond motifs is 1. The van der Waals surface area contributed by atoms with Gasteiger partial charge in [-0.1, -0.05) is 30.7 Å². The Morgan fingerprint density at radius 2 is 1.70 bits per heavy atom. The highest BCUT2D eigenvalue weighted by Gasteiger charge is 2.35. The van der Waals surface area contributed by atoms with Crippen LogP contribution in [0.1, 0.15) is 36.8 Å². The number of carbonyl (C=O) groups excluding carboxylic acids is 1. The number of nitrogens with zero attached hydrogens (tertiary/aromatic N) is 2. The fraction of sp³-hybridized carbons (Fsp3) is 0.682. The number of hydrogen-bond acceptors (Lipinski definition) is 4. The summed E-state index contributed by atoms with van der Waals surface area (Å²) in [6.45, 7) is 4.06. The van der Waals surface area contributed by atoms with Crippen molar-refractivity contribution < 1.29 is 14.3 Å². The maximum absolute atomic E-state index is 12.3. The molecule has 5 nitrogen and oxygen atoms in total. The summed E-state index contributed by atoms with van der Waals surface area (Å²) in [6, 6.07) is 8.80. The number of likely N-dealkylation sites (N-methyl/N-ethyl adjacent to an activating group) is 1. The smallest absolute Gasteiger partial charge is 0.222 e. The molecule has 1 aliphatic carbocycles. The van der Waals surface area contributed by atoms with Crippen LogP contribution in [0.4, 0.5) is 0 Å². The lowest BCUT2D eigenvalue weighted by Gasteiger charge is -2.22. The molecule has 1 aromatic rings. The van der Waals surface area contributed by atoms with Gasteiger partial charge in [0, 0.05) is 47.3 Å². The lowest BCUT2D eigenvalue weighted by atomic mass is 10.0. The monoisotopic (exact) mass is 374 g/mol. The van der Waals surface area contributed by atoms with Crippen LogP contribution in [0.15, 0.2) is 24.3 Å². The van der Waals surface area contributed by atoms with E-state index in [9.17, 15) is 4.79 Å². The fourth-order valence-electron chi connectivity index (χ4n) is 4.54. The average molecular weight is 375 g/mol. The first kappa shape index (κ1) is 20.3. The molecular weight excluding hydrogens is 340 g/mol. The summed E-state index contributed by atoms with van der Waals surface area (Å²) in [5.74, 6) is 2.01. The number of likely N-dealkylation sites (tertiary alicyclic amines) is 1. The Hall–Kier alpha value is -1.43. The van der Waals surface area contributed by atoms with Crippen LogP contribution in [0.25, 0.3) is 0 Å². The van der Waals surface area contributed by atoms with Crippen molar-refractivity contribution in [3.8, 4) is 0 Å². The SMILES string of the molecule is COC(CN(C)C(=O)CCc1ccc(CN2CC3CCCC3C2)cc1)OC. The molecule has 1 aromatic carbocycles. The van der Waals surface area contributed by atoms with E-state index in [0.717, 1.165) is 24.8 Å². The predicted molar refractivity (Wildman–Crippen MR) is 106 cm³/mol. The van der Waals surface area contributed by atoms with Crippen LogP contribution in [0.3, 0.4) is 0 Å². The Balaban J connectivity index is 1.42. The molecule has 2 fully saturated rings. The van der Waals surface area contributed by atoms with Crippen LogP contribution in [-0.2, 0) is 27.2 Å². The van der Waals surface area contributed by atoms with Gasteiger partial charge in [-0.05, 0) is 42.2 Å². The predicted octanol–water partition coefficient (Wildman–Crippen LogP) is 2.93. The standard InChI is InChI=1S/C22H34N2O3/c1-23(16-22(26-2)27-3)21(25)12-11-17-7-9-18(10-8-17)13-24-14-19-5-4-6-20(19)15-24/h7-10,19-20,22H,4-6,11-16H2,1-3H3. The van der Waals surface area contributed by atoms with Crippen LogP contribution in [0.5, 0.6) is 0 Å². The molecule has 2 unspecified atom stereocenters. The first-order chi connectivity index (χ1) is 13.1. The van der Waals surface area contributed by atoms with Crippen LogP contribution >= 0.6 is 0 Å². The van der Waals surface area contributed by atoms with Crippen molar-refractivity contribution in [3.63, 3.8) is 0 Å². The zero-order valence-electron chi connectivity index (χ0n) is 17.0. The lowest BCUT2D eigenvalue weighted by Crippen LogP contribution is -2.36. The minimum atomic E-state index is -0.372. The molecule has 2 aliphatic rings. The molecule has 3 rings (SSSR count). The summed E-state index contributed by atoms with van der Waals surface area (Å²) < 4.78 is 10.3. The van der Waals surface area contributed by atoms with Crippen molar-refractivity contribution in [1.29, 1.82) is 0 Å². The van der Waals surface area contributed by atoms with Gasteiger partial charge in [0.25, 0.3) is 0 Å². The second kappa shape index (κ2) is 9.67. The van der Waals surface area contributed by atoms with Gasteiger partial charge in [0.1, 0.15) is 0 Å². The Morgan fingerprint density at radius 1 is 1.11 bits per heavy atom. The van der Waals surface area contributed by atoms with Crippen molar-refractivity contribution in [2.45, 2.75) is 44.9 Å². The topological polar surface area (TPSA) is 42.0 Å². The molecule has 0 radical (unpaired) electrons. The van der Waals surface area contributed by atoms with E-state index in [0.29, 0.717) is 13.0 Å². The fourth-order valence-corrected chi connectivity index (χ4v) is 4.54. The van der Waals surface area contributed by atoms with Crippen LogP contribution in [-0.4, -0.2) is 62.9 Å². The highest BCUT2D eigenvalue weighted by atomic mass is 16.7. The third-order valence-electron chi connectivity index (χ3n) is 6.23. The summed E-state index contributed by atoms with van der Waals surface area (Å²) in [7, 11) is 4.97. The summed E-state index contributed by atoms with van der Waals surface area (Å²) in [6.07, 6.45) is 5.19. The lowest BCUT2D eigenvalue weighted by molar-refractivity contribution is -0.143. The van der Waals surface area contributed by atoms with Crippen molar-refractivity contribution in [2.75, 3.05) is 40.9 Å². The summed E-state index contributed by atoms with van der Waals surface area (Å²) >= 11 is 0. The molecule has 1 amide bonds. The Labute approximate surface area is 163 Å². The van der Waals surface area contributed by atoms with E-state index in [2.05, 4.69) is 29.2 Å². The zero-order chi connectivity index (χ0) is 19.2. The van der Waals surface area contributed by atoms with Gasteiger partial charge >= 0.3 is 0 Å². The summed E-state index contributed by atoms with van der Waals surface area (Å²) in [5, 5.41) is 0. The van der Waals surface area contributed by atoms with Gasteiger partial charge in [0.05, 0.1) is 6.54 Å². The normalized spacial score (nSPS) is 22.4. The van der Waals surface area contributed by atoms with Gasteiger partial charge in [0.15, 0.2) is 6.29 Å². The number of hydrogen-bond donors (Lipinski definition) is 0. The molecule has 1 aliphatic heterocycles. The van der Waals surface area contributed by atoms with Crippen LogP contribution in [0.2, 0.25) is 0 Å². The third kappa shape index (κ3) is 5.53. The van der Waals surface area contributed by atoms with Crippen molar-refractivity contribution in [1.82, 2.24) is 9.80 Å². The number of methoxy groups -OCH3 is 2. The Bertz CT molecular complexity index is 588. The molecule has 5 heteroatoms. The van der Waals surface area contributed by atoms with E-state index in [-0.39, 0.29) is 12.2 Å². The number of rotatable bonds is 9. The number of benzene rings is 1. The van der Waals surface area contributed by atoms with Gasteiger partial charge in [0.2, 0.25) is 5.91 Å². The highest BCUT2D eigenvalue weighted by Crippen LogP contribution is 2.38. The van der Waals surface area contributed by atoms with Crippen molar-refractivity contribution in [3.05, 3.63) is 35.4 Å². The maximum atomic E-state index is 12.3. The van der Waals surface area contributed by atoms with E-state index in [1.54, 1.807) is 26.2 Å². The molecule has 1 saturated carbocycles. The average Bonchev–Trinajstić information content (AvgIpc) is 3.26. The molecule has 150 valence electrons. The van der Waals surface area contributed by atoms with Crippen molar-refractivity contribution >= 4 is 5.91 Å². The van der Waals surface area contributed by atoms with E-state index in [1.807, 2.05) is 0 Å². The Morgan fingerprint density at radius 3 is 2.30 bits per heavy atom. The maximum Gasteiger partial charge on any atom is 0.222 e. The first-order valence-corrected chi connectivity index (χ1v) is 10.2. The molecule has 0 bridgehead atoms. The number of amides is 1. The van der Waals surface area contributed by atoms with E-state index < -0.39 is 0 Å². The molecule has 0 aromatic heterocycles. The van der Waals surface area contributed by atoms with Gasteiger partial charge in [-0.2, -0.15) is 0 Å². The zero-order valence-corrected chi connectivity index (χ0v) is 17.0. The van der Waals surface area contributed by atoms with Crippen LogP contribution < -0.4 is 0 Å². The van der Waals surface area contributed by atoms with Gasteiger partial charge in [-0.15, -0.1) is 0 Å². The minimum absolute atomic E-state index is 0.113. The highest BCUT2D eigenvalue weighted by molar-refractivity contribution is 5.76. The summed E-state index contributed by atoms with van der Waals surface area (Å²) in [4.78, 5) is 16.6. The molecule has 0 N–H and O–H groups in total. The molecule has 1 saturated heterocycles. The first-order valence-electron chi connectivity index (χ1n) is 10.2. The Kier molecular flexibility index (Phi) is 7.27. The third-order valence-corrected chi connectivity index (χ3v) is 6.23. The molecule has 0 spiro atoms. The second-order valence-electron chi connectivity index (χ2n) is 8.14. The van der Waals surface area contributed by atoms with Crippen LogP contribution in [0, 0.1) is 11.8 Å². The number of carbonyl (C=O) groups is 1. The summed E-state index contributed by atoms with van der Waals surface area (Å²) in [5.41, 5.74) is 2.60. The van der Waals surface area contributed by atoms with E-state index in [4.69, 9.17) is 9.47 Å². The largest absolute Gasteiger partial charge is 0.354 e. The number of aryl methyl sites for hydroxylation is 1. The van der Waals surface area contributed by atoms with Crippen molar-refractivity contribution in [2.24, 2.45) is 11.8 Å². The van der Waals surface area contributed by atoms with Gasteiger partial charge in [-0.25, -0.2) is 0 Å². The molecule has 1 heterocycles. The second-order valence-corrected chi connectivity index (χ2v) is 8.14. The minimum Gasteiger partial charge on any atom is -0.354 e. The van der Waals surface area contributed by atoms with E-state index in [1.165, 1.54) is 43.5 Å². The molecule has 2 atom stereocenters.